The molecular weight excluding hydrogens is 256 g/mol. The van der Waals surface area contributed by atoms with E-state index >= 15 is 0 Å². The van der Waals surface area contributed by atoms with Crippen LogP contribution in [0.15, 0.2) is 41.4 Å². The minimum atomic E-state index is 0.448. The van der Waals surface area contributed by atoms with Gasteiger partial charge in [-0.15, -0.1) is 0 Å². The quantitative estimate of drug-likeness (QED) is 0.728. The second-order valence-corrected chi connectivity index (χ2v) is 4.43. The number of rotatable bonds is 4. The molecule has 0 bridgehead atoms. The molecule has 0 saturated carbocycles. The van der Waals surface area contributed by atoms with Gasteiger partial charge in [-0.3, -0.25) is 0 Å². The molecule has 0 radical (unpaired) electrons. The molecular formula is C14H14N4O2. The highest BCUT2D eigenvalue weighted by atomic mass is 16.5. The molecule has 0 aliphatic heterocycles. The van der Waals surface area contributed by atoms with Crippen molar-refractivity contribution in [2.75, 3.05) is 0 Å². The van der Waals surface area contributed by atoms with Crippen LogP contribution in [0.1, 0.15) is 17.0 Å². The molecule has 0 atom stereocenters. The van der Waals surface area contributed by atoms with E-state index in [1.807, 2.05) is 38.1 Å². The summed E-state index contributed by atoms with van der Waals surface area (Å²) in [4.78, 5) is 3.91. The van der Waals surface area contributed by atoms with Gasteiger partial charge < -0.3 is 9.26 Å². The molecule has 6 heteroatoms. The Labute approximate surface area is 116 Å². The van der Waals surface area contributed by atoms with Crippen LogP contribution in [0.25, 0.3) is 5.69 Å². The van der Waals surface area contributed by atoms with Crippen LogP contribution in [0, 0.1) is 13.8 Å². The van der Waals surface area contributed by atoms with Gasteiger partial charge >= 0.3 is 0 Å². The van der Waals surface area contributed by atoms with E-state index in [1.165, 1.54) is 6.33 Å². The van der Waals surface area contributed by atoms with E-state index in [-0.39, 0.29) is 0 Å². The van der Waals surface area contributed by atoms with Crippen molar-refractivity contribution in [1.29, 1.82) is 0 Å². The van der Waals surface area contributed by atoms with Gasteiger partial charge in [0, 0.05) is 0 Å². The maximum Gasteiger partial charge on any atom is 0.140 e. The zero-order valence-electron chi connectivity index (χ0n) is 11.3. The summed E-state index contributed by atoms with van der Waals surface area (Å²) in [5.74, 6) is 1.58. The molecule has 3 rings (SSSR count). The van der Waals surface area contributed by atoms with Gasteiger partial charge in [-0.05, 0) is 38.1 Å². The molecule has 0 unspecified atom stereocenters. The molecule has 0 spiro atoms. The van der Waals surface area contributed by atoms with E-state index in [0.29, 0.717) is 6.61 Å². The van der Waals surface area contributed by atoms with Gasteiger partial charge in [0.1, 0.15) is 30.8 Å². The number of hydrogen-bond acceptors (Lipinski definition) is 5. The van der Waals surface area contributed by atoms with E-state index in [9.17, 15) is 0 Å². The first-order valence-corrected chi connectivity index (χ1v) is 6.23. The summed E-state index contributed by atoms with van der Waals surface area (Å²) in [6, 6.07) is 7.65. The highest BCUT2D eigenvalue weighted by molar-refractivity contribution is 5.36. The second-order valence-electron chi connectivity index (χ2n) is 4.43. The van der Waals surface area contributed by atoms with Crippen molar-refractivity contribution in [2.24, 2.45) is 0 Å². The molecule has 20 heavy (non-hydrogen) atoms. The maximum absolute atomic E-state index is 5.74. The van der Waals surface area contributed by atoms with Crippen molar-refractivity contribution >= 4 is 0 Å². The first-order chi connectivity index (χ1) is 9.74. The highest BCUT2D eigenvalue weighted by Gasteiger charge is 2.09. The molecule has 0 amide bonds. The molecule has 3 aromatic rings. The predicted octanol–water partition coefficient (Wildman–Crippen LogP) is 2.45. The van der Waals surface area contributed by atoms with Crippen molar-refractivity contribution in [3.05, 3.63) is 53.9 Å². The van der Waals surface area contributed by atoms with Gasteiger partial charge in [-0.2, -0.15) is 5.10 Å². The lowest BCUT2D eigenvalue weighted by atomic mass is 10.2. The predicted molar refractivity (Wildman–Crippen MR) is 71.7 cm³/mol. The Morgan fingerprint density at radius 1 is 1.20 bits per heavy atom. The van der Waals surface area contributed by atoms with Crippen LogP contribution in [-0.2, 0) is 6.61 Å². The Bertz CT molecular complexity index is 667. The second kappa shape index (κ2) is 5.16. The summed E-state index contributed by atoms with van der Waals surface area (Å²) in [6.45, 7) is 4.24. The summed E-state index contributed by atoms with van der Waals surface area (Å²) in [5, 5.41) is 7.97. The molecule has 0 N–H and O–H groups in total. The van der Waals surface area contributed by atoms with Crippen LogP contribution < -0.4 is 4.74 Å². The van der Waals surface area contributed by atoms with Gasteiger partial charge in [0.05, 0.1) is 16.9 Å². The largest absolute Gasteiger partial charge is 0.489 e. The number of aromatic nitrogens is 4. The monoisotopic (exact) mass is 270 g/mol. The third-order valence-corrected chi connectivity index (χ3v) is 3.08. The lowest BCUT2D eigenvalue weighted by molar-refractivity contribution is 0.301. The van der Waals surface area contributed by atoms with E-state index in [0.717, 1.165) is 28.5 Å². The topological polar surface area (TPSA) is 66.0 Å². The normalized spacial score (nSPS) is 10.7. The zero-order valence-corrected chi connectivity index (χ0v) is 11.3. The van der Waals surface area contributed by atoms with Crippen LogP contribution >= 0.6 is 0 Å². The molecule has 0 aliphatic carbocycles. The molecule has 0 fully saturated rings. The van der Waals surface area contributed by atoms with E-state index in [2.05, 4.69) is 15.2 Å². The third kappa shape index (κ3) is 2.40. The van der Waals surface area contributed by atoms with Crippen molar-refractivity contribution < 1.29 is 9.26 Å². The average Bonchev–Trinajstić information content (AvgIpc) is 3.09. The number of hydrogen-bond donors (Lipinski definition) is 0. The molecule has 2 heterocycles. The zero-order chi connectivity index (χ0) is 13.9. The van der Waals surface area contributed by atoms with E-state index < -0.39 is 0 Å². The third-order valence-electron chi connectivity index (χ3n) is 3.08. The Morgan fingerprint density at radius 2 is 2.00 bits per heavy atom. The van der Waals surface area contributed by atoms with Crippen molar-refractivity contribution in [3.8, 4) is 11.4 Å². The van der Waals surface area contributed by atoms with Crippen molar-refractivity contribution in [3.63, 3.8) is 0 Å². The summed E-state index contributed by atoms with van der Waals surface area (Å²) in [7, 11) is 0. The number of benzene rings is 1. The maximum atomic E-state index is 5.74. The standard InChI is InChI=1S/C14H14N4O2/c1-10-14(11(2)20-17-10)7-19-13-5-3-12(4-6-13)18-9-15-8-16-18/h3-6,8-9H,7H2,1-2H3. The van der Waals surface area contributed by atoms with Crippen LogP contribution in [-0.4, -0.2) is 19.9 Å². The first-order valence-electron chi connectivity index (χ1n) is 6.23. The Kier molecular flexibility index (Phi) is 3.20. The molecule has 102 valence electrons. The first kappa shape index (κ1) is 12.4. The van der Waals surface area contributed by atoms with Gasteiger partial charge in [0.2, 0.25) is 0 Å². The van der Waals surface area contributed by atoms with Gasteiger partial charge in [-0.1, -0.05) is 5.16 Å². The van der Waals surface area contributed by atoms with Crippen molar-refractivity contribution in [2.45, 2.75) is 20.5 Å². The Morgan fingerprint density at radius 3 is 2.60 bits per heavy atom. The van der Waals surface area contributed by atoms with E-state index in [1.54, 1.807) is 11.0 Å². The Hall–Kier alpha value is -2.63. The van der Waals surface area contributed by atoms with Gasteiger partial charge in [0.15, 0.2) is 0 Å². The van der Waals surface area contributed by atoms with Crippen LogP contribution in [0.2, 0.25) is 0 Å². The van der Waals surface area contributed by atoms with Crippen LogP contribution in [0.4, 0.5) is 0 Å². The molecule has 2 aromatic heterocycles. The Balaban J connectivity index is 1.70. The molecule has 0 aliphatic rings. The summed E-state index contributed by atoms with van der Waals surface area (Å²) in [6.07, 6.45) is 3.15. The van der Waals surface area contributed by atoms with Gasteiger partial charge in [0.25, 0.3) is 0 Å². The number of ether oxygens (including phenoxy) is 1. The lowest BCUT2D eigenvalue weighted by Crippen LogP contribution is -1.98. The minimum Gasteiger partial charge on any atom is -0.489 e. The number of nitrogens with zero attached hydrogens (tertiary/aromatic N) is 4. The molecule has 6 nitrogen and oxygen atoms in total. The average molecular weight is 270 g/mol. The summed E-state index contributed by atoms with van der Waals surface area (Å²) in [5.41, 5.74) is 2.79. The summed E-state index contributed by atoms with van der Waals surface area (Å²) < 4.78 is 12.5. The van der Waals surface area contributed by atoms with E-state index in [4.69, 9.17) is 9.26 Å². The number of aryl methyl sites for hydroxylation is 2. The fourth-order valence-corrected chi connectivity index (χ4v) is 1.90. The fraction of sp³-hybridized carbons (Fsp3) is 0.214. The highest BCUT2D eigenvalue weighted by Crippen LogP contribution is 2.18. The lowest BCUT2D eigenvalue weighted by Gasteiger charge is -2.07. The summed E-state index contributed by atoms with van der Waals surface area (Å²) >= 11 is 0. The fourth-order valence-electron chi connectivity index (χ4n) is 1.90. The molecule has 0 saturated heterocycles. The minimum absolute atomic E-state index is 0.448. The smallest absolute Gasteiger partial charge is 0.140 e. The van der Waals surface area contributed by atoms with Gasteiger partial charge in [-0.25, -0.2) is 9.67 Å². The SMILES string of the molecule is Cc1noc(C)c1COc1ccc(-n2cncn2)cc1. The van der Waals surface area contributed by atoms with Crippen molar-refractivity contribution in [1.82, 2.24) is 19.9 Å². The van der Waals surface area contributed by atoms with Crippen LogP contribution in [0.3, 0.4) is 0 Å². The molecule has 1 aromatic carbocycles. The van der Waals surface area contributed by atoms with Crippen LogP contribution in [0.5, 0.6) is 5.75 Å².